The van der Waals surface area contributed by atoms with Crippen LogP contribution in [0.3, 0.4) is 0 Å². The summed E-state index contributed by atoms with van der Waals surface area (Å²) in [7, 11) is 0.154. The van der Waals surface area contributed by atoms with Gasteiger partial charge in [0, 0.05) is 13.1 Å². The van der Waals surface area contributed by atoms with E-state index in [4.69, 9.17) is 4.74 Å². The fourth-order valence-corrected chi connectivity index (χ4v) is 3.96. The number of hydrogen-bond acceptors (Lipinski definition) is 4. The van der Waals surface area contributed by atoms with Crippen molar-refractivity contribution in [1.82, 2.24) is 4.90 Å². The Bertz CT molecular complexity index is 783. The summed E-state index contributed by atoms with van der Waals surface area (Å²) >= 11 is 0. The van der Waals surface area contributed by atoms with E-state index in [1.807, 2.05) is 11.9 Å². The minimum absolute atomic E-state index is 0.0841. The first-order valence-electron chi connectivity index (χ1n) is 8.46. The van der Waals surface area contributed by atoms with Crippen molar-refractivity contribution in [3.63, 3.8) is 0 Å². The minimum Gasteiger partial charge on any atom is -0.497 e. The minimum atomic E-state index is -3.32. The first-order chi connectivity index (χ1) is 11.8. The van der Waals surface area contributed by atoms with Crippen LogP contribution in [0.1, 0.15) is 30.9 Å². The third-order valence-electron chi connectivity index (χ3n) is 4.24. The second kappa shape index (κ2) is 8.50. The molecule has 0 aliphatic carbocycles. The maximum Gasteiger partial charge on any atom is 0.179 e. The molecule has 0 unspecified atom stereocenters. The van der Waals surface area contributed by atoms with E-state index in [0.717, 1.165) is 6.54 Å². The van der Waals surface area contributed by atoms with Crippen molar-refractivity contribution in [2.45, 2.75) is 31.2 Å². The van der Waals surface area contributed by atoms with Crippen LogP contribution >= 0.6 is 0 Å². The zero-order chi connectivity index (χ0) is 18.4. The molecule has 0 atom stereocenters. The fourth-order valence-electron chi connectivity index (χ4n) is 2.59. The highest BCUT2D eigenvalue weighted by atomic mass is 32.2. The molecule has 0 bridgehead atoms. The summed E-state index contributed by atoms with van der Waals surface area (Å²) in [6.45, 7) is 5.55. The number of benzene rings is 2. The number of ether oxygens (including phenoxy) is 1. The number of hydrogen-bond donors (Lipinski definition) is 0. The SMILES string of the molecule is COc1cccc(S(=O)(=O)CCN(C)Cc2ccc(C(C)C)cc2)c1. The van der Waals surface area contributed by atoms with E-state index in [1.54, 1.807) is 24.3 Å². The third-order valence-corrected chi connectivity index (χ3v) is 5.93. The Labute approximate surface area is 151 Å². The standard InChI is InChI=1S/C20H27NO3S/c1-16(2)18-10-8-17(9-11-18)15-21(3)12-13-25(22,23)20-7-5-6-19(14-20)24-4/h5-11,14,16H,12-13,15H2,1-4H3. The van der Waals surface area contributed by atoms with Gasteiger partial charge in [-0.2, -0.15) is 0 Å². The summed E-state index contributed by atoms with van der Waals surface area (Å²) < 4.78 is 30.1. The van der Waals surface area contributed by atoms with Gasteiger partial charge in [0.15, 0.2) is 9.84 Å². The van der Waals surface area contributed by atoms with E-state index < -0.39 is 9.84 Å². The Kier molecular flexibility index (Phi) is 6.62. The first-order valence-corrected chi connectivity index (χ1v) is 10.1. The predicted octanol–water partition coefficient (Wildman–Crippen LogP) is 3.72. The van der Waals surface area contributed by atoms with Crippen molar-refractivity contribution in [1.29, 1.82) is 0 Å². The van der Waals surface area contributed by atoms with Gasteiger partial charge in [-0.05, 0) is 42.3 Å². The molecule has 0 radical (unpaired) electrons. The van der Waals surface area contributed by atoms with Crippen molar-refractivity contribution in [3.8, 4) is 5.75 Å². The van der Waals surface area contributed by atoms with Crippen LogP contribution in [0.5, 0.6) is 5.75 Å². The molecule has 0 heterocycles. The molecule has 0 saturated carbocycles. The topological polar surface area (TPSA) is 46.6 Å². The lowest BCUT2D eigenvalue weighted by molar-refractivity contribution is 0.346. The zero-order valence-electron chi connectivity index (χ0n) is 15.4. The van der Waals surface area contributed by atoms with Crippen LogP contribution in [0.2, 0.25) is 0 Å². The lowest BCUT2D eigenvalue weighted by Crippen LogP contribution is -2.25. The maximum atomic E-state index is 12.5. The molecule has 4 nitrogen and oxygen atoms in total. The molecule has 25 heavy (non-hydrogen) atoms. The molecule has 2 rings (SSSR count). The molecule has 0 N–H and O–H groups in total. The highest BCUT2D eigenvalue weighted by molar-refractivity contribution is 7.91. The third kappa shape index (κ3) is 5.58. The fraction of sp³-hybridized carbons (Fsp3) is 0.400. The molecule has 0 aliphatic rings. The van der Waals surface area contributed by atoms with Gasteiger partial charge in [-0.1, -0.05) is 44.2 Å². The van der Waals surface area contributed by atoms with Gasteiger partial charge in [-0.3, -0.25) is 0 Å². The van der Waals surface area contributed by atoms with Gasteiger partial charge in [0.2, 0.25) is 0 Å². The van der Waals surface area contributed by atoms with Crippen LogP contribution in [-0.2, 0) is 16.4 Å². The van der Waals surface area contributed by atoms with Crippen LogP contribution in [0, 0.1) is 0 Å². The van der Waals surface area contributed by atoms with E-state index in [1.165, 1.54) is 18.2 Å². The Hall–Kier alpha value is -1.85. The second-order valence-corrected chi connectivity index (χ2v) is 8.74. The lowest BCUT2D eigenvalue weighted by Gasteiger charge is -2.17. The summed E-state index contributed by atoms with van der Waals surface area (Å²) in [5.41, 5.74) is 2.50. The molecule has 136 valence electrons. The zero-order valence-corrected chi connectivity index (χ0v) is 16.2. The Morgan fingerprint density at radius 2 is 1.76 bits per heavy atom. The van der Waals surface area contributed by atoms with E-state index >= 15 is 0 Å². The van der Waals surface area contributed by atoms with Gasteiger partial charge in [0.05, 0.1) is 17.8 Å². The highest BCUT2D eigenvalue weighted by Crippen LogP contribution is 2.19. The van der Waals surface area contributed by atoms with Crippen molar-refractivity contribution in [3.05, 3.63) is 59.7 Å². The quantitative estimate of drug-likeness (QED) is 0.719. The van der Waals surface area contributed by atoms with Gasteiger partial charge in [-0.15, -0.1) is 0 Å². The van der Waals surface area contributed by atoms with Crippen LogP contribution in [0.25, 0.3) is 0 Å². The number of sulfone groups is 1. The van der Waals surface area contributed by atoms with Crippen molar-refractivity contribution in [2.24, 2.45) is 0 Å². The predicted molar refractivity (Wildman–Crippen MR) is 102 cm³/mol. The molecule has 0 fully saturated rings. The monoisotopic (exact) mass is 361 g/mol. The van der Waals surface area contributed by atoms with Crippen LogP contribution in [0.15, 0.2) is 53.4 Å². The van der Waals surface area contributed by atoms with Crippen LogP contribution in [-0.4, -0.2) is 39.8 Å². The molecular formula is C20H27NO3S. The number of rotatable bonds is 8. The van der Waals surface area contributed by atoms with E-state index in [0.29, 0.717) is 23.1 Å². The average Bonchev–Trinajstić information content (AvgIpc) is 2.60. The van der Waals surface area contributed by atoms with Crippen LogP contribution < -0.4 is 4.74 Å². The Morgan fingerprint density at radius 1 is 1.08 bits per heavy atom. The molecule has 5 heteroatoms. The van der Waals surface area contributed by atoms with E-state index in [2.05, 4.69) is 38.1 Å². The average molecular weight is 362 g/mol. The van der Waals surface area contributed by atoms with Gasteiger partial charge in [-0.25, -0.2) is 8.42 Å². The van der Waals surface area contributed by atoms with Gasteiger partial charge < -0.3 is 9.64 Å². The summed E-state index contributed by atoms with van der Waals surface area (Å²) in [4.78, 5) is 2.34. The largest absolute Gasteiger partial charge is 0.497 e. The molecule has 2 aromatic carbocycles. The van der Waals surface area contributed by atoms with Gasteiger partial charge in [0.1, 0.15) is 5.75 Å². The summed E-state index contributed by atoms with van der Waals surface area (Å²) in [5.74, 6) is 1.15. The first kappa shape index (κ1) is 19.5. The molecule has 0 aliphatic heterocycles. The van der Waals surface area contributed by atoms with Crippen LogP contribution in [0.4, 0.5) is 0 Å². The van der Waals surface area contributed by atoms with Crippen molar-refractivity contribution in [2.75, 3.05) is 26.5 Å². The Morgan fingerprint density at radius 3 is 2.36 bits per heavy atom. The van der Waals surface area contributed by atoms with Crippen molar-refractivity contribution >= 4 is 9.84 Å². The summed E-state index contributed by atoms with van der Waals surface area (Å²) in [6, 6.07) is 15.1. The molecule has 0 saturated heterocycles. The van der Waals surface area contributed by atoms with Gasteiger partial charge >= 0.3 is 0 Å². The maximum absolute atomic E-state index is 12.5. The number of nitrogens with zero attached hydrogens (tertiary/aromatic N) is 1. The highest BCUT2D eigenvalue weighted by Gasteiger charge is 2.16. The second-order valence-electron chi connectivity index (χ2n) is 6.63. The molecule has 0 aromatic heterocycles. The van der Waals surface area contributed by atoms with Crippen molar-refractivity contribution < 1.29 is 13.2 Å². The molecular weight excluding hydrogens is 334 g/mol. The smallest absolute Gasteiger partial charge is 0.179 e. The summed E-state index contributed by atoms with van der Waals surface area (Å²) in [6.07, 6.45) is 0. The van der Waals surface area contributed by atoms with E-state index in [-0.39, 0.29) is 5.75 Å². The lowest BCUT2D eigenvalue weighted by atomic mass is 10.0. The molecule has 0 amide bonds. The normalized spacial score (nSPS) is 11.9. The Balaban J connectivity index is 1.95. The van der Waals surface area contributed by atoms with Gasteiger partial charge in [0.25, 0.3) is 0 Å². The van der Waals surface area contributed by atoms with E-state index in [9.17, 15) is 8.42 Å². The summed E-state index contributed by atoms with van der Waals surface area (Å²) in [5, 5.41) is 0. The molecule has 0 spiro atoms. The molecule has 2 aromatic rings. The number of methoxy groups -OCH3 is 1.